The van der Waals surface area contributed by atoms with Crippen molar-refractivity contribution in [2.45, 2.75) is 12.5 Å². The smallest absolute Gasteiger partial charge is 0.253 e. The highest BCUT2D eigenvalue weighted by Crippen LogP contribution is 2.18. The highest BCUT2D eigenvalue weighted by molar-refractivity contribution is 5.94. The van der Waals surface area contributed by atoms with Crippen LogP contribution in [0.5, 0.6) is 0 Å². The summed E-state index contributed by atoms with van der Waals surface area (Å²) < 4.78 is 12.9. The number of piperazine rings is 1. The number of halogens is 1. The molecule has 1 unspecified atom stereocenters. The molecule has 2 aliphatic heterocycles. The first-order chi connectivity index (χ1) is 9.74. The highest BCUT2D eigenvalue weighted by atomic mass is 19.1. The number of amides is 1. The summed E-state index contributed by atoms with van der Waals surface area (Å²) in [4.78, 5) is 16.7. The van der Waals surface area contributed by atoms with E-state index in [9.17, 15) is 9.18 Å². The van der Waals surface area contributed by atoms with E-state index in [1.54, 1.807) is 12.1 Å². The number of nitrogens with one attached hydrogen (secondary N) is 1. The molecule has 1 aromatic rings. The van der Waals surface area contributed by atoms with Crippen molar-refractivity contribution in [3.05, 3.63) is 35.6 Å². The number of hydrogen-bond acceptors (Lipinski definition) is 3. The quantitative estimate of drug-likeness (QED) is 0.874. The molecular formula is C15H20FN3O. The molecule has 2 aliphatic rings. The van der Waals surface area contributed by atoms with Gasteiger partial charge in [0.2, 0.25) is 0 Å². The lowest BCUT2D eigenvalue weighted by molar-refractivity contribution is 0.0773. The van der Waals surface area contributed by atoms with Crippen molar-refractivity contribution in [1.29, 1.82) is 0 Å². The van der Waals surface area contributed by atoms with Crippen LogP contribution in [0.3, 0.4) is 0 Å². The van der Waals surface area contributed by atoms with E-state index in [1.807, 2.05) is 4.90 Å². The monoisotopic (exact) mass is 277 g/mol. The fourth-order valence-electron chi connectivity index (χ4n) is 3.05. The molecule has 2 heterocycles. The van der Waals surface area contributed by atoms with Crippen LogP contribution in [-0.4, -0.2) is 61.0 Å². The minimum Gasteiger partial charge on any atom is -0.337 e. The lowest BCUT2D eigenvalue weighted by Crippen LogP contribution is -2.49. The van der Waals surface area contributed by atoms with Crippen molar-refractivity contribution in [2.24, 2.45) is 0 Å². The van der Waals surface area contributed by atoms with Crippen LogP contribution < -0.4 is 5.32 Å². The third kappa shape index (κ3) is 2.83. The van der Waals surface area contributed by atoms with E-state index in [2.05, 4.69) is 10.2 Å². The zero-order valence-electron chi connectivity index (χ0n) is 11.5. The zero-order valence-corrected chi connectivity index (χ0v) is 11.5. The van der Waals surface area contributed by atoms with Gasteiger partial charge in [-0.2, -0.15) is 0 Å². The van der Waals surface area contributed by atoms with Gasteiger partial charge in [-0.25, -0.2) is 4.39 Å². The molecule has 1 atom stereocenters. The first-order valence-corrected chi connectivity index (χ1v) is 7.23. The Morgan fingerprint density at radius 3 is 2.55 bits per heavy atom. The minimum absolute atomic E-state index is 0.0163. The molecule has 0 bridgehead atoms. The molecule has 0 aromatic heterocycles. The molecule has 1 aromatic carbocycles. The van der Waals surface area contributed by atoms with Crippen molar-refractivity contribution in [1.82, 2.24) is 15.1 Å². The third-order valence-electron chi connectivity index (χ3n) is 4.21. The number of carbonyl (C=O) groups is 1. The maximum atomic E-state index is 12.9. The van der Waals surface area contributed by atoms with Crippen LogP contribution in [0.1, 0.15) is 16.8 Å². The van der Waals surface area contributed by atoms with Crippen LogP contribution in [0.4, 0.5) is 4.39 Å². The maximum Gasteiger partial charge on any atom is 0.253 e. The summed E-state index contributed by atoms with van der Waals surface area (Å²) in [5, 5.41) is 3.35. The average molecular weight is 277 g/mol. The molecule has 0 saturated carbocycles. The second kappa shape index (κ2) is 5.89. The highest BCUT2D eigenvalue weighted by Gasteiger charge is 2.31. The molecule has 5 heteroatoms. The van der Waals surface area contributed by atoms with Crippen molar-refractivity contribution in [3.63, 3.8) is 0 Å². The summed E-state index contributed by atoms with van der Waals surface area (Å²) >= 11 is 0. The predicted octanol–water partition coefficient (Wildman–Crippen LogP) is 0.945. The Hall–Kier alpha value is -1.46. The summed E-state index contributed by atoms with van der Waals surface area (Å²) in [5.74, 6) is -0.288. The molecule has 108 valence electrons. The van der Waals surface area contributed by atoms with Gasteiger partial charge in [0.05, 0.1) is 0 Å². The van der Waals surface area contributed by atoms with Gasteiger partial charge in [-0.1, -0.05) is 0 Å². The van der Waals surface area contributed by atoms with Crippen molar-refractivity contribution < 1.29 is 9.18 Å². The van der Waals surface area contributed by atoms with E-state index in [4.69, 9.17) is 0 Å². The molecule has 1 N–H and O–H groups in total. The van der Waals surface area contributed by atoms with E-state index in [1.165, 1.54) is 12.1 Å². The van der Waals surface area contributed by atoms with Gasteiger partial charge in [-0.3, -0.25) is 9.69 Å². The predicted molar refractivity (Wildman–Crippen MR) is 75.2 cm³/mol. The second-order valence-electron chi connectivity index (χ2n) is 5.49. The maximum absolute atomic E-state index is 12.9. The Kier molecular flexibility index (Phi) is 3.98. The summed E-state index contributed by atoms with van der Waals surface area (Å²) in [6.45, 7) is 5.76. The van der Waals surface area contributed by atoms with Gasteiger partial charge < -0.3 is 10.2 Å². The Balaban J connectivity index is 1.61. The summed E-state index contributed by atoms with van der Waals surface area (Å²) in [5.41, 5.74) is 0.576. The van der Waals surface area contributed by atoms with Crippen molar-refractivity contribution in [3.8, 4) is 0 Å². The van der Waals surface area contributed by atoms with E-state index in [0.29, 0.717) is 11.6 Å². The standard InChI is InChI=1S/C15H20FN3O/c16-13-3-1-12(2-4-13)15(20)19-8-5-14(11-19)18-9-6-17-7-10-18/h1-4,14,17H,5-11H2. The van der Waals surface area contributed by atoms with Crippen LogP contribution in [0.15, 0.2) is 24.3 Å². The lowest BCUT2D eigenvalue weighted by atomic mass is 10.2. The Labute approximate surface area is 118 Å². The Morgan fingerprint density at radius 1 is 1.15 bits per heavy atom. The number of benzene rings is 1. The van der Waals surface area contributed by atoms with Gasteiger partial charge in [0, 0.05) is 50.9 Å². The average Bonchev–Trinajstić information content (AvgIpc) is 2.98. The van der Waals surface area contributed by atoms with Gasteiger partial charge in [-0.15, -0.1) is 0 Å². The SMILES string of the molecule is O=C(c1ccc(F)cc1)N1CCC(N2CCNCC2)C1. The largest absolute Gasteiger partial charge is 0.337 e. The van der Waals surface area contributed by atoms with Gasteiger partial charge in [0.15, 0.2) is 0 Å². The molecule has 0 radical (unpaired) electrons. The lowest BCUT2D eigenvalue weighted by Gasteiger charge is -2.32. The summed E-state index contributed by atoms with van der Waals surface area (Å²) in [6, 6.07) is 6.29. The number of likely N-dealkylation sites (tertiary alicyclic amines) is 1. The first-order valence-electron chi connectivity index (χ1n) is 7.23. The van der Waals surface area contributed by atoms with Crippen LogP contribution in [-0.2, 0) is 0 Å². The van der Waals surface area contributed by atoms with Crippen molar-refractivity contribution >= 4 is 5.91 Å². The number of hydrogen-bond donors (Lipinski definition) is 1. The van der Waals surface area contributed by atoms with E-state index in [-0.39, 0.29) is 11.7 Å². The number of rotatable bonds is 2. The van der Waals surface area contributed by atoms with Gasteiger partial charge in [-0.05, 0) is 30.7 Å². The molecule has 4 nitrogen and oxygen atoms in total. The van der Waals surface area contributed by atoms with Gasteiger partial charge in [0.1, 0.15) is 5.82 Å². The number of nitrogens with zero attached hydrogens (tertiary/aromatic N) is 2. The molecule has 2 fully saturated rings. The normalized spacial score (nSPS) is 24.1. The van der Waals surface area contributed by atoms with Gasteiger partial charge >= 0.3 is 0 Å². The molecule has 0 spiro atoms. The topological polar surface area (TPSA) is 35.6 Å². The van der Waals surface area contributed by atoms with Crippen LogP contribution in [0.2, 0.25) is 0 Å². The fraction of sp³-hybridized carbons (Fsp3) is 0.533. The summed E-state index contributed by atoms with van der Waals surface area (Å²) in [7, 11) is 0. The minimum atomic E-state index is -0.304. The molecule has 1 amide bonds. The Morgan fingerprint density at radius 2 is 1.85 bits per heavy atom. The van der Waals surface area contributed by atoms with Crippen LogP contribution in [0.25, 0.3) is 0 Å². The Bertz CT molecular complexity index is 471. The number of carbonyl (C=O) groups excluding carboxylic acids is 1. The fourth-order valence-corrected chi connectivity index (χ4v) is 3.05. The molecule has 20 heavy (non-hydrogen) atoms. The zero-order chi connectivity index (χ0) is 13.9. The van der Waals surface area contributed by atoms with Crippen molar-refractivity contribution in [2.75, 3.05) is 39.3 Å². The van der Waals surface area contributed by atoms with E-state index >= 15 is 0 Å². The van der Waals surface area contributed by atoms with E-state index < -0.39 is 0 Å². The van der Waals surface area contributed by atoms with E-state index in [0.717, 1.165) is 45.7 Å². The third-order valence-corrected chi connectivity index (χ3v) is 4.21. The van der Waals surface area contributed by atoms with Crippen LogP contribution in [0, 0.1) is 5.82 Å². The molecule has 3 rings (SSSR count). The van der Waals surface area contributed by atoms with Gasteiger partial charge in [0.25, 0.3) is 5.91 Å². The molecule has 0 aliphatic carbocycles. The first kappa shape index (κ1) is 13.5. The second-order valence-corrected chi connectivity index (χ2v) is 5.49. The molecule has 2 saturated heterocycles. The summed E-state index contributed by atoms with van der Waals surface area (Å²) in [6.07, 6.45) is 1.03. The molecular weight excluding hydrogens is 257 g/mol. The van der Waals surface area contributed by atoms with Crippen LogP contribution >= 0.6 is 0 Å².